The quantitative estimate of drug-likeness (QED) is 0.629. The summed E-state index contributed by atoms with van der Waals surface area (Å²) in [5.74, 6) is 0.243. The van der Waals surface area contributed by atoms with Gasteiger partial charge in [0, 0.05) is 24.7 Å². The number of aromatic hydroxyl groups is 1. The molecule has 2 aromatic rings. The van der Waals surface area contributed by atoms with Gasteiger partial charge in [0.15, 0.2) is 0 Å². The largest absolute Gasteiger partial charge is 0.508 e. The second-order valence-corrected chi connectivity index (χ2v) is 4.86. The predicted octanol–water partition coefficient (Wildman–Crippen LogP) is 3.54. The van der Waals surface area contributed by atoms with Crippen LogP contribution in [0.2, 0.25) is 0 Å². The van der Waals surface area contributed by atoms with Gasteiger partial charge in [-0.3, -0.25) is 10.1 Å². The van der Waals surface area contributed by atoms with Gasteiger partial charge in [0.25, 0.3) is 5.69 Å². The number of hydrogen-bond acceptors (Lipinski definition) is 4. The van der Waals surface area contributed by atoms with Gasteiger partial charge in [-0.1, -0.05) is 31.2 Å². The van der Waals surface area contributed by atoms with E-state index in [-0.39, 0.29) is 22.4 Å². The number of non-ortho nitro benzene ring substituents is 1. The normalized spacial score (nSPS) is 12.0. The van der Waals surface area contributed by atoms with E-state index in [1.165, 1.54) is 6.07 Å². The molecule has 0 amide bonds. The van der Waals surface area contributed by atoms with Crippen LogP contribution in [-0.4, -0.2) is 10.0 Å². The van der Waals surface area contributed by atoms with Crippen molar-refractivity contribution in [3.05, 3.63) is 69.8 Å². The monoisotopic (exact) mass is 286 g/mol. The molecule has 21 heavy (non-hydrogen) atoms. The van der Waals surface area contributed by atoms with Gasteiger partial charge in [-0.05, 0) is 29.7 Å². The van der Waals surface area contributed by atoms with Crippen LogP contribution in [0.4, 0.5) is 5.69 Å². The van der Waals surface area contributed by atoms with E-state index < -0.39 is 0 Å². The molecule has 0 saturated carbocycles. The number of nitrogens with one attached hydrogen (secondary N) is 1. The van der Waals surface area contributed by atoms with E-state index in [1.807, 2.05) is 18.2 Å². The van der Waals surface area contributed by atoms with Crippen LogP contribution in [0, 0.1) is 10.1 Å². The number of benzene rings is 2. The number of nitrogens with zero attached hydrogens (tertiary/aromatic N) is 1. The van der Waals surface area contributed by atoms with Gasteiger partial charge in [0.1, 0.15) is 5.75 Å². The number of nitro benzene ring substituents is 1. The zero-order chi connectivity index (χ0) is 15.2. The summed E-state index contributed by atoms with van der Waals surface area (Å²) < 4.78 is 0. The van der Waals surface area contributed by atoms with E-state index in [2.05, 4.69) is 12.2 Å². The number of phenols is 1. The topological polar surface area (TPSA) is 75.4 Å². The Kier molecular flexibility index (Phi) is 4.90. The molecule has 5 nitrogen and oxygen atoms in total. The highest BCUT2D eigenvalue weighted by molar-refractivity contribution is 5.34. The van der Waals surface area contributed by atoms with Gasteiger partial charge < -0.3 is 10.4 Å². The molecular formula is C16H18N2O3. The minimum atomic E-state index is -0.388. The van der Waals surface area contributed by atoms with Crippen LogP contribution in [0.5, 0.6) is 5.75 Å². The second kappa shape index (κ2) is 6.85. The Morgan fingerprint density at radius 2 is 1.95 bits per heavy atom. The van der Waals surface area contributed by atoms with Crippen molar-refractivity contribution in [3.63, 3.8) is 0 Å². The zero-order valence-corrected chi connectivity index (χ0v) is 11.8. The summed E-state index contributed by atoms with van der Waals surface area (Å²) in [6, 6.07) is 13.8. The molecule has 5 heteroatoms. The van der Waals surface area contributed by atoms with Crippen molar-refractivity contribution in [2.45, 2.75) is 25.9 Å². The van der Waals surface area contributed by atoms with E-state index in [9.17, 15) is 15.2 Å². The Balaban J connectivity index is 2.04. The van der Waals surface area contributed by atoms with E-state index >= 15 is 0 Å². The molecule has 0 aliphatic heterocycles. The van der Waals surface area contributed by atoms with Crippen LogP contribution >= 0.6 is 0 Å². The van der Waals surface area contributed by atoms with Crippen molar-refractivity contribution < 1.29 is 10.0 Å². The van der Waals surface area contributed by atoms with Gasteiger partial charge >= 0.3 is 0 Å². The van der Waals surface area contributed by atoms with Crippen molar-refractivity contribution in [2.75, 3.05) is 0 Å². The molecule has 0 radical (unpaired) electrons. The molecule has 1 unspecified atom stereocenters. The molecule has 2 rings (SSSR count). The highest BCUT2D eigenvalue weighted by Gasteiger charge is 2.10. The molecule has 0 aliphatic carbocycles. The van der Waals surface area contributed by atoms with Gasteiger partial charge in [-0.2, -0.15) is 0 Å². The summed E-state index contributed by atoms with van der Waals surface area (Å²) in [6.07, 6.45) is 0.889. The smallest absolute Gasteiger partial charge is 0.269 e. The Hall–Kier alpha value is -2.40. The van der Waals surface area contributed by atoms with Crippen LogP contribution in [0.1, 0.15) is 30.5 Å². The lowest BCUT2D eigenvalue weighted by Crippen LogP contribution is -2.20. The van der Waals surface area contributed by atoms with E-state index in [0.29, 0.717) is 6.54 Å². The third-order valence-corrected chi connectivity index (χ3v) is 3.38. The molecule has 0 aromatic heterocycles. The fourth-order valence-corrected chi connectivity index (χ4v) is 2.23. The summed E-state index contributed by atoms with van der Waals surface area (Å²) in [4.78, 5) is 10.4. The molecule has 0 aliphatic rings. The summed E-state index contributed by atoms with van der Waals surface area (Å²) in [6.45, 7) is 2.62. The summed E-state index contributed by atoms with van der Waals surface area (Å²) in [5.41, 5.74) is 2.06. The maximum atomic E-state index is 10.8. The standard InChI is InChI=1S/C16H18N2O3/c1-2-16(13-6-8-15(19)9-7-13)17-11-12-4-3-5-14(10-12)18(20)21/h3-10,16-17,19H,2,11H2,1H3. The number of hydrogen-bond donors (Lipinski definition) is 2. The summed E-state index contributed by atoms with van der Waals surface area (Å²) in [7, 11) is 0. The summed E-state index contributed by atoms with van der Waals surface area (Å²) in [5, 5.41) is 23.5. The van der Waals surface area contributed by atoms with E-state index in [0.717, 1.165) is 17.5 Å². The Morgan fingerprint density at radius 1 is 1.24 bits per heavy atom. The van der Waals surface area contributed by atoms with Crippen LogP contribution in [0.25, 0.3) is 0 Å². The minimum absolute atomic E-state index is 0.104. The predicted molar refractivity (Wildman–Crippen MR) is 81.1 cm³/mol. The summed E-state index contributed by atoms with van der Waals surface area (Å²) >= 11 is 0. The molecule has 110 valence electrons. The molecule has 0 fully saturated rings. The lowest BCUT2D eigenvalue weighted by atomic mass is 10.0. The fraction of sp³-hybridized carbons (Fsp3) is 0.250. The van der Waals surface area contributed by atoms with Gasteiger partial charge in [0.2, 0.25) is 0 Å². The lowest BCUT2D eigenvalue weighted by molar-refractivity contribution is -0.384. The van der Waals surface area contributed by atoms with Crippen molar-refractivity contribution in [2.24, 2.45) is 0 Å². The third kappa shape index (κ3) is 4.03. The SMILES string of the molecule is CCC(NCc1cccc([N+](=O)[O-])c1)c1ccc(O)cc1. The van der Waals surface area contributed by atoms with Crippen LogP contribution < -0.4 is 5.32 Å². The van der Waals surface area contributed by atoms with Crippen molar-refractivity contribution in [1.29, 1.82) is 0 Å². The maximum absolute atomic E-state index is 10.8. The average Bonchev–Trinajstić information content (AvgIpc) is 2.50. The molecule has 0 bridgehead atoms. The van der Waals surface area contributed by atoms with Gasteiger partial charge in [0.05, 0.1) is 4.92 Å². The van der Waals surface area contributed by atoms with Crippen molar-refractivity contribution in [3.8, 4) is 5.75 Å². The molecule has 0 heterocycles. The average molecular weight is 286 g/mol. The van der Waals surface area contributed by atoms with Crippen molar-refractivity contribution in [1.82, 2.24) is 5.32 Å². The Bertz CT molecular complexity index is 611. The Labute approximate surface area is 123 Å². The first kappa shape index (κ1) is 15.0. The van der Waals surface area contributed by atoms with Crippen LogP contribution in [-0.2, 0) is 6.54 Å². The number of nitro groups is 1. The molecule has 2 aromatic carbocycles. The highest BCUT2D eigenvalue weighted by atomic mass is 16.6. The second-order valence-electron chi connectivity index (χ2n) is 4.86. The van der Waals surface area contributed by atoms with Crippen LogP contribution in [0.15, 0.2) is 48.5 Å². The Morgan fingerprint density at radius 3 is 2.57 bits per heavy atom. The van der Waals surface area contributed by atoms with E-state index in [4.69, 9.17) is 0 Å². The van der Waals surface area contributed by atoms with Crippen LogP contribution in [0.3, 0.4) is 0 Å². The molecule has 0 spiro atoms. The first-order chi connectivity index (χ1) is 10.1. The molecule has 2 N–H and O–H groups in total. The first-order valence-corrected chi connectivity index (χ1v) is 6.85. The van der Waals surface area contributed by atoms with E-state index in [1.54, 1.807) is 24.3 Å². The molecule has 0 saturated heterocycles. The highest BCUT2D eigenvalue weighted by Crippen LogP contribution is 2.20. The lowest BCUT2D eigenvalue weighted by Gasteiger charge is -2.17. The number of phenolic OH excluding ortho intramolecular Hbond substituents is 1. The molecule has 1 atom stereocenters. The number of rotatable bonds is 6. The van der Waals surface area contributed by atoms with Gasteiger partial charge in [-0.15, -0.1) is 0 Å². The fourth-order valence-electron chi connectivity index (χ4n) is 2.23. The third-order valence-electron chi connectivity index (χ3n) is 3.38. The zero-order valence-electron chi connectivity index (χ0n) is 11.8. The maximum Gasteiger partial charge on any atom is 0.269 e. The minimum Gasteiger partial charge on any atom is -0.508 e. The first-order valence-electron chi connectivity index (χ1n) is 6.85. The van der Waals surface area contributed by atoms with Crippen molar-refractivity contribution >= 4 is 5.69 Å². The molecular weight excluding hydrogens is 268 g/mol. The van der Waals surface area contributed by atoms with Gasteiger partial charge in [-0.25, -0.2) is 0 Å².